The van der Waals surface area contributed by atoms with E-state index in [1.54, 1.807) is 0 Å². The van der Waals surface area contributed by atoms with E-state index in [4.69, 9.17) is 0 Å². The molecule has 2 heterocycles. The van der Waals surface area contributed by atoms with Gasteiger partial charge < -0.3 is 9.88 Å². The molecule has 178 valence electrons. The normalized spacial score (nSPS) is 11.5. The van der Waals surface area contributed by atoms with Crippen molar-refractivity contribution in [2.75, 3.05) is 11.1 Å². The molecule has 0 aliphatic heterocycles. The van der Waals surface area contributed by atoms with Crippen molar-refractivity contribution in [3.8, 4) is 0 Å². The Morgan fingerprint density at radius 2 is 1.64 bits per heavy atom. The van der Waals surface area contributed by atoms with Crippen LogP contribution in [0.3, 0.4) is 0 Å². The van der Waals surface area contributed by atoms with Crippen molar-refractivity contribution < 1.29 is 9.36 Å². The lowest BCUT2D eigenvalue weighted by atomic mass is 10.1. The Bertz CT molecular complexity index is 1700. The van der Waals surface area contributed by atoms with Crippen molar-refractivity contribution in [3.63, 3.8) is 0 Å². The van der Waals surface area contributed by atoms with Crippen molar-refractivity contribution in [2.45, 2.75) is 25.2 Å². The minimum atomic E-state index is -0.0245. The number of rotatable bonds is 7. The second kappa shape index (κ2) is 9.55. The number of aryl methyl sites for hydroxylation is 1. The quantitative estimate of drug-likeness (QED) is 0.202. The Labute approximate surface area is 213 Å². The standard InChI is InChI=1S/C30H26N4OS/c1-2-33-26-14-8-6-12-23(26)24-18-22(16-17-27(24)33)31-29(35)20-36-30-32-25-13-7-9-15-28(25)34(30)19-21-10-4-3-5-11-21/h3-18H,2,19-20H2,1H3,(H,31,35)/p+1. The molecule has 1 amide bonds. The molecule has 6 heteroatoms. The summed E-state index contributed by atoms with van der Waals surface area (Å²) in [7, 11) is 0. The Balaban J connectivity index is 1.23. The van der Waals surface area contributed by atoms with Gasteiger partial charge in [0, 0.05) is 34.0 Å². The highest BCUT2D eigenvalue weighted by molar-refractivity contribution is 7.99. The Morgan fingerprint density at radius 3 is 2.50 bits per heavy atom. The van der Waals surface area contributed by atoms with Gasteiger partial charge in [0.2, 0.25) is 5.91 Å². The summed E-state index contributed by atoms with van der Waals surface area (Å²) in [5.41, 5.74) is 6.64. The van der Waals surface area contributed by atoms with Crippen LogP contribution >= 0.6 is 11.8 Å². The first kappa shape index (κ1) is 22.4. The minimum Gasteiger partial charge on any atom is -0.341 e. The topological polar surface area (TPSA) is 53.7 Å². The highest BCUT2D eigenvalue weighted by Gasteiger charge is 2.20. The van der Waals surface area contributed by atoms with Gasteiger partial charge in [-0.3, -0.25) is 4.79 Å². The average molecular weight is 492 g/mol. The first-order valence-electron chi connectivity index (χ1n) is 12.2. The molecule has 0 saturated carbocycles. The van der Waals surface area contributed by atoms with Gasteiger partial charge in [0.1, 0.15) is 6.54 Å². The SMILES string of the molecule is CCn1c2ccccc2c2cc(NC(=O)CSc3[nH]c4ccccc4[n+]3Cc3ccccc3)ccc21. The highest BCUT2D eigenvalue weighted by Crippen LogP contribution is 2.31. The number of aromatic amines is 1. The predicted molar refractivity (Wildman–Crippen MR) is 149 cm³/mol. The number of nitrogens with one attached hydrogen (secondary N) is 2. The molecule has 0 radical (unpaired) electrons. The van der Waals surface area contributed by atoms with E-state index in [0.717, 1.165) is 40.4 Å². The predicted octanol–water partition coefficient (Wildman–Crippen LogP) is 6.36. The van der Waals surface area contributed by atoms with E-state index in [0.29, 0.717) is 5.75 Å². The fourth-order valence-electron chi connectivity index (χ4n) is 4.95. The smallest absolute Gasteiger partial charge is 0.317 e. The molecule has 6 rings (SSSR count). The maximum atomic E-state index is 13.0. The molecule has 0 atom stereocenters. The number of anilines is 1. The van der Waals surface area contributed by atoms with Crippen molar-refractivity contribution in [1.29, 1.82) is 0 Å². The number of H-pyrrole nitrogens is 1. The van der Waals surface area contributed by atoms with Gasteiger partial charge in [-0.15, -0.1) is 0 Å². The second-order valence-electron chi connectivity index (χ2n) is 8.85. The van der Waals surface area contributed by atoms with Crippen LogP contribution in [0.15, 0.2) is 102 Å². The van der Waals surface area contributed by atoms with E-state index in [1.165, 1.54) is 33.7 Å². The van der Waals surface area contributed by atoms with Crippen LogP contribution in [0.25, 0.3) is 32.8 Å². The maximum Gasteiger partial charge on any atom is 0.317 e. The number of hydrogen-bond donors (Lipinski definition) is 2. The molecular weight excluding hydrogens is 464 g/mol. The zero-order valence-corrected chi connectivity index (χ0v) is 20.9. The molecule has 0 fully saturated rings. The largest absolute Gasteiger partial charge is 0.341 e. The molecule has 4 aromatic carbocycles. The summed E-state index contributed by atoms with van der Waals surface area (Å²) in [5.74, 6) is 0.291. The molecule has 0 aliphatic carbocycles. The van der Waals surface area contributed by atoms with Crippen molar-refractivity contribution in [2.24, 2.45) is 0 Å². The number of aromatic nitrogens is 3. The van der Waals surface area contributed by atoms with Crippen molar-refractivity contribution in [3.05, 3.63) is 103 Å². The summed E-state index contributed by atoms with van der Waals surface area (Å²) in [4.78, 5) is 16.5. The van der Waals surface area contributed by atoms with Crippen LogP contribution in [-0.4, -0.2) is 21.2 Å². The Morgan fingerprint density at radius 1 is 0.889 bits per heavy atom. The molecular formula is C30H27N4OS+. The van der Waals surface area contributed by atoms with Gasteiger partial charge in [-0.1, -0.05) is 60.7 Å². The minimum absolute atomic E-state index is 0.0245. The third-order valence-electron chi connectivity index (χ3n) is 6.58. The van der Waals surface area contributed by atoms with Gasteiger partial charge in [0.25, 0.3) is 0 Å². The van der Waals surface area contributed by atoms with Crippen molar-refractivity contribution >= 4 is 56.2 Å². The van der Waals surface area contributed by atoms with E-state index < -0.39 is 0 Å². The molecule has 0 unspecified atom stereocenters. The van der Waals surface area contributed by atoms with E-state index in [-0.39, 0.29) is 5.91 Å². The summed E-state index contributed by atoms with van der Waals surface area (Å²) in [6.07, 6.45) is 0. The van der Waals surface area contributed by atoms with Crippen LogP contribution < -0.4 is 9.88 Å². The van der Waals surface area contributed by atoms with E-state index in [2.05, 4.69) is 99.2 Å². The maximum absolute atomic E-state index is 13.0. The highest BCUT2D eigenvalue weighted by atomic mass is 32.2. The van der Waals surface area contributed by atoms with E-state index in [9.17, 15) is 4.79 Å². The molecule has 6 aromatic rings. The van der Waals surface area contributed by atoms with Crippen LogP contribution in [0.5, 0.6) is 0 Å². The van der Waals surface area contributed by atoms with Crippen LogP contribution in [0.2, 0.25) is 0 Å². The summed E-state index contributed by atoms with van der Waals surface area (Å²) in [6.45, 7) is 3.81. The number of hydrogen-bond acceptors (Lipinski definition) is 2. The lowest BCUT2D eigenvalue weighted by molar-refractivity contribution is -0.700. The van der Waals surface area contributed by atoms with Gasteiger partial charge in [-0.05, 0) is 60.6 Å². The third-order valence-corrected chi connectivity index (χ3v) is 7.58. The van der Waals surface area contributed by atoms with E-state index in [1.807, 2.05) is 24.3 Å². The van der Waals surface area contributed by atoms with Crippen LogP contribution in [0.1, 0.15) is 12.5 Å². The van der Waals surface area contributed by atoms with Gasteiger partial charge in [-0.25, -0.2) is 9.55 Å². The third kappa shape index (κ3) is 4.14. The Kier molecular flexibility index (Phi) is 5.95. The van der Waals surface area contributed by atoms with Gasteiger partial charge in [0.05, 0.1) is 5.75 Å². The number of fused-ring (bicyclic) bond motifs is 4. The fourth-order valence-corrected chi connectivity index (χ4v) is 5.79. The van der Waals surface area contributed by atoms with Crippen LogP contribution in [0, 0.1) is 0 Å². The van der Waals surface area contributed by atoms with Crippen LogP contribution in [0.4, 0.5) is 5.69 Å². The first-order chi connectivity index (χ1) is 17.7. The number of benzene rings is 4. The zero-order chi connectivity index (χ0) is 24.5. The summed E-state index contributed by atoms with van der Waals surface area (Å²) >= 11 is 1.52. The number of carbonyl (C=O) groups excluding carboxylic acids is 1. The molecule has 0 aliphatic rings. The summed E-state index contributed by atoms with van der Waals surface area (Å²) < 4.78 is 4.56. The Hall–Kier alpha value is -4.03. The van der Waals surface area contributed by atoms with Crippen LogP contribution in [-0.2, 0) is 17.9 Å². The average Bonchev–Trinajstić information content (AvgIpc) is 3.43. The molecule has 0 spiro atoms. The molecule has 2 aromatic heterocycles. The van der Waals surface area contributed by atoms with Gasteiger partial charge in [0.15, 0.2) is 11.0 Å². The molecule has 5 nitrogen and oxygen atoms in total. The molecule has 36 heavy (non-hydrogen) atoms. The lowest BCUT2D eigenvalue weighted by Gasteiger charge is -2.06. The molecule has 0 bridgehead atoms. The summed E-state index contributed by atoms with van der Waals surface area (Å²) in [6, 6.07) is 33.3. The first-order valence-corrected chi connectivity index (χ1v) is 13.2. The molecule has 0 saturated heterocycles. The molecule has 2 N–H and O–H groups in total. The summed E-state index contributed by atoms with van der Waals surface area (Å²) in [5, 5.41) is 6.45. The number of thioether (sulfide) groups is 1. The number of imidazole rings is 1. The number of amides is 1. The number of nitrogens with zero attached hydrogens (tertiary/aromatic N) is 2. The number of carbonyl (C=O) groups is 1. The van der Waals surface area contributed by atoms with Gasteiger partial charge >= 0.3 is 5.16 Å². The van der Waals surface area contributed by atoms with Gasteiger partial charge in [-0.2, -0.15) is 0 Å². The fraction of sp³-hybridized carbons (Fsp3) is 0.133. The number of para-hydroxylation sites is 3. The van der Waals surface area contributed by atoms with Crippen molar-refractivity contribution in [1.82, 2.24) is 9.55 Å². The zero-order valence-electron chi connectivity index (χ0n) is 20.1. The monoisotopic (exact) mass is 491 g/mol. The lowest BCUT2D eigenvalue weighted by Crippen LogP contribution is -2.35. The second-order valence-corrected chi connectivity index (χ2v) is 9.81. The van der Waals surface area contributed by atoms with E-state index >= 15 is 0 Å².